The third-order valence-electron chi connectivity index (χ3n) is 5.74. The highest BCUT2D eigenvalue weighted by atomic mass is 32.2. The summed E-state index contributed by atoms with van der Waals surface area (Å²) < 4.78 is 1.58. The number of fused-ring (bicyclic) bond motifs is 3. The number of hydrogen-bond donors (Lipinski definition) is 1. The average Bonchev–Trinajstić information content (AvgIpc) is 2.69. The number of benzene rings is 1. The highest BCUT2D eigenvalue weighted by molar-refractivity contribution is 7.98. The molecule has 0 saturated carbocycles. The van der Waals surface area contributed by atoms with E-state index in [0.717, 1.165) is 48.6 Å². The Labute approximate surface area is 163 Å². The Morgan fingerprint density at radius 1 is 1.19 bits per heavy atom. The first-order valence-corrected chi connectivity index (χ1v) is 10.7. The van der Waals surface area contributed by atoms with E-state index in [1.54, 1.807) is 28.6 Å². The minimum Gasteiger partial charge on any atom is -0.348 e. The zero-order valence-electron chi connectivity index (χ0n) is 15.8. The lowest BCUT2D eigenvalue weighted by atomic mass is 9.84. The van der Waals surface area contributed by atoms with E-state index < -0.39 is 0 Å². The molecule has 1 N–H and O–H groups in total. The summed E-state index contributed by atoms with van der Waals surface area (Å²) in [5, 5.41) is 3.20. The fourth-order valence-electron chi connectivity index (χ4n) is 4.17. The monoisotopic (exact) mass is 383 g/mol. The largest absolute Gasteiger partial charge is 0.348 e. The molecule has 1 aromatic heterocycles. The molecule has 3 aliphatic rings. The summed E-state index contributed by atoms with van der Waals surface area (Å²) in [6.07, 6.45) is 5.98. The van der Waals surface area contributed by atoms with Crippen LogP contribution in [0.2, 0.25) is 0 Å². The predicted octanol–water partition coefficient (Wildman–Crippen LogP) is 2.69. The summed E-state index contributed by atoms with van der Waals surface area (Å²) in [5.41, 5.74) is 2.36. The lowest BCUT2D eigenvalue weighted by molar-refractivity contribution is 0.0620. The lowest BCUT2D eigenvalue weighted by Crippen LogP contribution is -2.57. The Bertz CT molecular complexity index is 916. The highest BCUT2D eigenvalue weighted by Gasteiger charge is 2.35. The van der Waals surface area contributed by atoms with Gasteiger partial charge < -0.3 is 10.2 Å². The smallest absolute Gasteiger partial charge is 0.255 e. The SMILES string of the molecule is CSc1cc(C)ccc1-n1cc(C(=O)NC2CN3CCC2CC3)ccc1=O. The van der Waals surface area contributed by atoms with Gasteiger partial charge in [-0.05, 0) is 68.8 Å². The van der Waals surface area contributed by atoms with Crippen molar-refractivity contribution in [2.24, 2.45) is 5.92 Å². The van der Waals surface area contributed by atoms with Gasteiger partial charge in [-0.25, -0.2) is 0 Å². The van der Waals surface area contributed by atoms with Crippen LogP contribution in [0.1, 0.15) is 28.8 Å². The molecule has 27 heavy (non-hydrogen) atoms. The van der Waals surface area contributed by atoms with Crippen molar-refractivity contribution >= 4 is 17.7 Å². The number of thioether (sulfide) groups is 1. The molecule has 1 atom stereocenters. The van der Waals surface area contributed by atoms with E-state index in [9.17, 15) is 9.59 Å². The Hall–Kier alpha value is -2.05. The van der Waals surface area contributed by atoms with Gasteiger partial charge in [0.05, 0.1) is 11.3 Å². The molecule has 0 spiro atoms. The van der Waals surface area contributed by atoms with Gasteiger partial charge in [0.15, 0.2) is 0 Å². The van der Waals surface area contributed by atoms with E-state index in [0.29, 0.717) is 11.5 Å². The summed E-state index contributed by atoms with van der Waals surface area (Å²) in [6.45, 7) is 5.26. The van der Waals surface area contributed by atoms with Gasteiger partial charge in [0.2, 0.25) is 0 Å². The van der Waals surface area contributed by atoms with Gasteiger partial charge in [-0.15, -0.1) is 11.8 Å². The van der Waals surface area contributed by atoms with E-state index in [2.05, 4.69) is 16.3 Å². The van der Waals surface area contributed by atoms with Crippen LogP contribution in [0.15, 0.2) is 46.2 Å². The van der Waals surface area contributed by atoms with Crippen molar-refractivity contribution in [3.8, 4) is 5.69 Å². The van der Waals surface area contributed by atoms with Crippen LogP contribution in [0.3, 0.4) is 0 Å². The zero-order valence-corrected chi connectivity index (χ0v) is 16.6. The van der Waals surface area contributed by atoms with Crippen LogP contribution < -0.4 is 10.9 Å². The molecular weight excluding hydrogens is 358 g/mol. The standard InChI is InChI=1S/C21H25N3O2S/c1-14-3-5-18(19(11-14)27-2)24-12-16(4-6-20(24)25)21(26)22-17-13-23-9-7-15(17)8-10-23/h3-6,11-12,15,17H,7-10,13H2,1-2H3,(H,22,26). The molecule has 142 valence electrons. The number of nitrogens with zero attached hydrogens (tertiary/aromatic N) is 2. The van der Waals surface area contributed by atoms with Crippen LogP contribution in [0.25, 0.3) is 5.69 Å². The molecule has 5 rings (SSSR count). The van der Waals surface area contributed by atoms with Crippen molar-refractivity contribution in [1.82, 2.24) is 14.8 Å². The number of rotatable bonds is 4. The van der Waals surface area contributed by atoms with Crippen molar-refractivity contribution in [2.45, 2.75) is 30.7 Å². The second kappa shape index (κ2) is 7.52. The third-order valence-corrected chi connectivity index (χ3v) is 6.51. The van der Waals surface area contributed by atoms with Gasteiger partial charge in [-0.2, -0.15) is 0 Å². The Morgan fingerprint density at radius 3 is 2.63 bits per heavy atom. The maximum atomic E-state index is 12.8. The first-order chi connectivity index (χ1) is 13.0. The molecule has 1 amide bonds. The summed E-state index contributed by atoms with van der Waals surface area (Å²) in [7, 11) is 0. The van der Waals surface area contributed by atoms with Gasteiger partial charge in [-0.3, -0.25) is 14.2 Å². The van der Waals surface area contributed by atoms with Crippen LogP contribution in [0, 0.1) is 12.8 Å². The highest BCUT2D eigenvalue weighted by Crippen LogP contribution is 2.28. The van der Waals surface area contributed by atoms with Gasteiger partial charge in [-0.1, -0.05) is 6.07 Å². The van der Waals surface area contributed by atoms with E-state index >= 15 is 0 Å². The van der Waals surface area contributed by atoms with E-state index in [1.807, 2.05) is 25.3 Å². The van der Waals surface area contributed by atoms with Gasteiger partial charge >= 0.3 is 0 Å². The fourth-order valence-corrected chi connectivity index (χ4v) is 4.85. The second-order valence-electron chi connectivity index (χ2n) is 7.52. The van der Waals surface area contributed by atoms with Crippen molar-refractivity contribution in [3.63, 3.8) is 0 Å². The molecule has 0 radical (unpaired) electrons. The number of carbonyl (C=O) groups is 1. The minimum atomic E-state index is -0.131. The first kappa shape index (κ1) is 18.3. The number of nitrogens with one attached hydrogen (secondary N) is 1. The summed E-state index contributed by atoms with van der Waals surface area (Å²) >= 11 is 1.60. The molecule has 3 aliphatic heterocycles. The molecule has 0 aliphatic carbocycles. The molecule has 3 saturated heterocycles. The first-order valence-electron chi connectivity index (χ1n) is 9.46. The lowest BCUT2D eigenvalue weighted by Gasteiger charge is -2.44. The molecule has 5 nitrogen and oxygen atoms in total. The number of carbonyl (C=O) groups excluding carboxylic acids is 1. The van der Waals surface area contributed by atoms with Crippen LogP contribution in [-0.2, 0) is 0 Å². The van der Waals surface area contributed by atoms with Crippen LogP contribution >= 0.6 is 11.8 Å². The van der Waals surface area contributed by atoms with E-state index in [4.69, 9.17) is 0 Å². The Kier molecular flexibility index (Phi) is 5.10. The summed E-state index contributed by atoms with van der Waals surface area (Å²) in [5.74, 6) is 0.477. The molecule has 1 aromatic carbocycles. The number of amides is 1. The quantitative estimate of drug-likeness (QED) is 0.825. The number of piperidine rings is 3. The molecule has 2 bridgehead atoms. The van der Waals surface area contributed by atoms with Crippen LogP contribution in [0.5, 0.6) is 0 Å². The van der Waals surface area contributed by atoms with E-state index in [-0.39, 0.29) is 17.5 Å². The molecular formula is C21H25N3O2S. The zero-order chi connectivity index (χ0) is 19.0. The van der Waals surface area contributed by atoms with Gasteiger partial charge in [0.25, 0.3) is 11.5 Å². The predicted molar refractivity (Wildman–Crippen MR) is 109 cm³/mol. The second-order valence-corrected chi connectivity index (χ2v) is 8.37. The summed E-state index contributed by atoms with van der Waals surface area (Å²) in [6, 6.07) is 9.31. The molecule has 1 unspecified atom stereocenters. The minimum absolute atomic E-state index is 0.0969. The van der Waals surface area contributed by atoms with Crippen molar-refractivity contribution in [3.05, 3.63) is 58.0 Å². The van der Waals surface area contributed by atoms with Crippen molar-refractivity contribution in [2.75, 3.05) is 25.9 Å². The fraction of sp³-hybridized carbons (Fsp3) is 0.429. The average molecular weight is 384 g/mol. The number of aromatic nitrogens is 1. The molecule has 6 heteroatoms. The van der Waals surface area contributed by atoms with E-state index in [1.165, 1.54) is 6.07 Å². The Balaban J connectivity index is 1.61. The maximum Gasteiger partial charge on any atom is 0.255 e. The van der Waals surface area contributed by atoms with Crippen molar-refractivity contribution in [1.29, 1.82) is 0 Å². The van der Waals surface area contributed by atoms with Gasteiger partial charge in [0, 0.05) is 29.7 Å². The normalized spacial score (nSPS) is 24.0. The van der Waals surface area contributed by atoms with Crippen LogP contribution in [0.4, 0.5) is 0 Å². The summed E-state index contributed by atoms with van der Waals surface area (Å²) in [4.78, 5) is 28.7. The molecule has 4 heterocycles. The number of hydrogen-bond acceptors (Lipinski definition) is 4. The molecule has 3 fully saturated rings. The third kappa shape index (κ3) is 3.69. The maximum absolute atomic E-state index is 12.8. The van der Waals surface area contributed by atoms with Crippen LogP contribution in [-0.4, -0.2) is 47.3 Å². The number of aryl methyl sites for hydroxylation is 1. The van der Waals surface area contributed by atoms with Gasteiger partial charge in [0.1, 0.15) is 0 Å². The Morgan fingerprint density at radius 2 is 1.96 bits per heavy atom. The van der Waals surface area contributed by atoms with Crippen molar-refractivity contribution < 1.29 is 4.79 Å². The topological polar surface area (TPSA) is 54.3 Å². The molecule has 2 aromatic rings. The number of pyridine rings is 1.